The number of nitrogens with zero attached hydrogens (tertiary/aromatic N) is 3. The highest BCUT2D eigenvalue weighted by atomic mass is 35.5. The Kier molecular flexibility index (Phi) is 9.43. The number of piperazine rings is 1. The maximum absolute atomic E-state index is 14.6. The molecule has 1 spiro atoms. The standard InChI is InChI=1S/C25H45ClFN7O/c1-33-9-11-34(12-10-33)22-18(26)15-30-16-20(22)32-24(35)21(23(28)29)19-13-25(6-3-2-4-7-25)8-5-17(27)14-31-19/h14,17-23,30H,2-13,15-16,28-29H2,1H3,(H,32,35). The summed E-state index contributed by atoms with van der Waals surface area (Å²) in [6, 6.07) is -0.540. The summed E-state index contributed by atoms with van der Waals surface area (Å²) < 4.78 is 14.6. The molecule has 8 nitrogen and oxygen atoms in total. The van der Waals surface area contributed by atoms with E-state index in [0.29, 0.717) is 19.5 Å². The number of nitrogens with one attached hydrogen (secondary N) is 2. The molecule has 10 heteroatoms. The molecule has 6 unspecified atom stereocenters. The SMILES string of the molecule is CN1CCN(C2C(Cl)CNCC2NC(=O)C(C(N)N)C2CC3(CCCCC3)CCC(F)C=N2)CC1. The molecule has 1 amide bonds. The van der Waals surface area contributed by atoms with Gasteiger partial charge in [0.05, 0.1) is 29.5 Å². The van der Waals surface area contributed by atoms with E-state index in [1.807, 2.05) is 0 Å². The number of alkyl halides is 2. The van der Waals surface area contributed by atoms with Crippen LogP contribution in [-0.4, -0.2) is 104 Å². The number of rotatable bonds is 5. The lowest BCUT2D eigenvalue weighted by molar-refractivity contribution is -0.128. The van der Waals surface area contributed by atoms with Crippen molar-refractivity contribution in [2.45, 2.75) is 87.2 Å². The number of carbonyl (C=O) groups excluding carboxylic acids is 1. The number of nitrogens with two attached hydrogens (primary N) is 2. The second kappa shape index (κ2) is 12.1. The maximum atomic E-state index is 14.6. The monoisotopic (exact) mass is 513 g/mol. The quantitative estimate of drug-likeness (QED) is 0.323. The highest BCUT2D eigenvalue weighted by Crippen LogP contribution is 2.46. The van der Waals surface area contributed by atoms with Gasteiger partial charge in [-0.25, -0.2) is 4.39 Å². The average Bonchev–Trinajstić information content (AvgIpc) is 2.82. The number of halogens is 2. The van der Waals surface area contributed by atoms with E-state index in [0.717, 1.165) is 64.7 Å². The second-order valence-electron chi connectivity index (χ2n) is 11.4. The van der Waals surface area contributed by atoms with E-state index >= 15 is 0 Å². The first kappa shape index (κ1) is 27.2. The van der Waals surface area contributed by atoms with Crippen molar-refractivity contribution in [2.24, 2.45) is 27.8 Å². The third kappa shape index (κ3) is 6.73. The van der Waals surface area contributed by atoms with Crippen molar-refractivity contribution in [1.29, 1.82) is 0 Å². The lowest BCUT2D eigenvalue weighted by Crippen LogP contribution is -2.68. The molecule has 1 aliphatic carbocycles. The Labute approximate surface area is 214 Å². The number of likely N-dealkylation sites (N-methyl/N-ethyl adjacent to an activating group) is 1. The van der Waals surface area contributed by atoms with Crippen LogP contribution in [0.3, 0.4) is 0 Å². The third-order valence-electron chi connectivity index (χ3n) is 8.85. The van der Waals surface area contributed by atoms with Crippen LogP contribution in [0.1, 0.15) is 51.4 Å². The number of piperidine rings is 1. The van der Waals surface area contributed by atoms with Gasteiger partial charge >= 0.3 is 0 Å². The number of carbonyl (C=O) groups is 1. The van der Waals surface area contributed by atoms with Crippen LogP contribution < -0.4 is 22.1 Å². The summed E-state index contributed by atoms with van der Waals surface area (Å²) in [6.45, 7) is 5.15. The van der Waals surface area contributed by atoms with Gasteiger partial charge in [0.1, 0.15) is 6.17 Å². The minimum Gasteiger partial charge on any atom is -0.350 e. The van der Waals surface area contributed by atoms with E-state index < -0.39 is 24.3 Å². The molecule has 4 rings (SSSR count). The topological polar surface area (TPSA) is 112 Å². The van der Waals surface area contributed by atoms with E-state index in [-0.39, 0.29) is 28.8 Å². The van der Waals surface area contributed by atoms with Gasteiger partial charge in [-0.2, -0.15) is 0 Å². The van der Waals surface area contributed by atoms with Crippen molar-refractivity contribution in [3.05, 3.63) is 0 Å². The van der Waals surface area contributed by atoms with Crippen LogP contribution in [0.2, 0.25) is 0 Å². The molecule has 3 fully saturated rings. The van der Waals surface area contributed by atoms with Crippen LogP contribution >= 0.6 is 11.6 Å². The smallest absolute Gasteiger partial charge is 0.228 e. The van der Waals surface area contributed by atoms with Crippen molar-refractivity contribution in [2.75, 3.05) is 46.3 Å². The lowest BCUT2D eigenvalue weighted by atomic mass is 9.65. The first-order chi connectivity index (χ1) is 16.8. The summed E-state index contributed by atoms with van der Waals surface area (Å²) in [5, 5.41) is 6.51. The Bertz CT molecular complexity index is 727. The minimum absolute atomic E-state index is 0.0222. The Balaban J connectivity index is 1.51. The molecule has 200 valence electrons. The van der Waals surface area contributed by atoms with Gasteiger partial charge in [-0.3, -0.25) is 14.7 Å². The van der Waals surface area contributed by atoms with Gasteiger partial charge < -0.3 is 27.0 Å². The molecule has 3 aliphatic heterocycles. The molecule has 4 aliphatic rings. The number of hydrogen-bond acceptors (Lipinski definition) is 7. The summed E-state index contributed by atoms with van der Waals surface area (Å²) in [5.41, 5.74) is 12.5. The molecule has 1 saturated carbocycles. The molecule has 6 atom stereocenters. The molecule has 6 N–H and O–H groups in total. The molecule has 0 aromatic carbocycles. The summed E-state index contributed by atoms with van der Waals surface area (Å²) >= 11 is 6.79. The summed E-state index contributed by atoms with van der Waals surface area (Å²) in [6.07, 6.45) is 7.13. The Morgan fingerprint density at radius 3 is 2.57 bits per heavy atom. The van der Waals surface area contributed by atoms with Gasteiger partial charge in [0.25, 0.3) is 0 Å². The molecule has 0 bridgehead atoms. The Morgan fingerprint density at radius 2 is 1.89 bits per heavy atom. The van der Waals surface area contributed by atoms with E-state index in [2.05, 4.69) is 32.5 Å². The number of amides is 1. The Morgan fingerprint density at radius 1 is 1.17 bits per heavy atom. The molecule has 0 aromatic heterocycles. The zero-order valence-electron chi connectivity index (χ0n) is 21.2. The van der Waals surface area contributed by atoms with Gasteiger partial charge in [-0.05, 0) is 44.6 Å². The fourth-order valence-corrected chi connectivity index (χ4v) is 7.24. The fraction of sp³-hybridized carbons (Fsp3) is 0.920. The van der Waals surface area contributed by atoms with Crippen LogP contribution in [0.4, 0.5) is 4.39 Å². The maximum Gasteiger partial charge on any atom is 0.228 e. The van der Waals surface area contributed by atoms with Crippen LogP contribution in [0, 0.1) is 11.3 Å². The second-order valence-corrected chi connectivity index (χ2v) is 12.0. The van der Waals surface area contributed by atoms with E-state index in [9.17, 15) is 9.18 Å². The van der Waals surface area contributed by atoms with Crippen LogP contribution in [-0.2, 0) is 4.79 Å². The summed E-state index contributed by atoms with van der Waals surface area (Å²) in [4.78, 5) is 23.1. The molecule has 35 heavy (non-hydrogen) atoms. The zero-order chi connectivity index (χ0) is 25.0. The van der Waals surface area contributed by atoms with Crippen molar-refractivity contribution in [1.82, 2.24) is 20.4 Å². The Hall–Kier alpha value is -0.840. The predicted octanol–water partition coefficient (Wildman–Crippen LogP) is 1.07. The van der Waals surface area contributed by atoms with Gasteiger partial charge in [0.2, 0.25) is 5.91 Å². The van der Waals surface area contributed by atoms with Gasteiger partial charge in [-0.15, -0.1) is 11.6 Å². The van der Waals surface area contributed by atoms with Gasteiger partial charge in [0.15, 0.2) is 0 Å². The minimum atomic E-state index is -1.09. The zero-order valence-corrected chi connectivity index (χ0v) is 21.9. The summed E-state index contributed by atoms with van der Waals surface area (Å²) in [5.74, 6) is -0.903. The van der Waals surface area contributed by atoms with Crippen LogP contribution in [0.25, 0.3) is 0 Å². The van der Waals surface area contributed by atoms with Crippen LogP contribution in [0.5, 0.6) is 0 Å². The highest BCUT2D eigenvalue weighted by Gasteiger charge is 2.44. The lowest BCUT2D eigenvalue weighted by Gasteiger charge is -2.46. The third-order valence-corrected chi connectivity index (χ3v) is 9.26. The molecular formula is C25H45ClFN7O. The normalized spacial score (nSPS) is 36.0. The molecular weight excluding hydrogens is 469 g/mol. The van der Waals surface area contributed by atoms with E-state index in [4.69, 9.17) is 23.1 Å². The van der Waals surface area contributed by atoms with Gasteiger partial charge in [0, 0.05) is 51.5 Å². The average molecular weight is 514 g/mol. The first-order valence-electron chi connectivity index (χ1n) is 13.5. The van der Waals surface area contributed by atoms with Crippen molar-refractivity contribution >= 4 is 23.7 Å². The molecule has 0 aromatic rings. The first-order valence-corrected chi connectivity index (χ1v) is 14.0. The molecule has 2 saturated heterocycles. The summed E-state index contributed by atoms with van der Waals surface area (Å²) in [7, 11) is 2.13. The highest BCUT2D eigenvalue weighted by molar-refractivity contribution is 6.21. The number of aliphatic imine (C=N–C) groups is 1. The fourth-order valence-electron chi connectivity index (χ4n) is 6.79. The van der Waals surface area contributed by atoms with Crippen molar-refractivity contribution < 1.29 is 9.18 Å². The van der Waals surface area contributed by atoms with Crippen molar-refractivity contribution in [3.63, 3.8) is 0 Å². The van der Waals surface area contributed by atoms with Crippen LogP contribution in [0.15, 0.2) is 4.99 Å². The van der Waals surface area contributed by atoms with Crippen molar-refractivity contribution in [3.8, 4) is 0 Å². The van der Waals surface area contributed by atoms with E-state index in [1.54, 1.807) is 0 Å². The molecule has 0 radical (unpaired) electrons. The largest absolute Gasteiger partial charge is 0.350 e. The van der Waals surface area contributed by atoms with Gasteiger partial charge in [-0.1, -0.05) is 19.3 Å². The number of hydrogen-bond donors (Lipinski definition) is 4. The molecule has 3 heterocycles. The predicted molar refractivity (Wildman–Crippen MR) is 139 cm³/mol. The van der Waals surface area contributed by atoms with E-state index in [1.165, 1.54) is 12.6 Å².